The molecule has 1 aromatic heterocycles. The summed E-state index contributed by atoms with van der Waals surface area (Å²) < 4.78 is 5.89. The first-order valence-electron chi connectivity index (χ1n) is 11.8. The van der Waals surface area contributed by atoms with Gasteiger partial charge in [0.1, 0.15) is 18.5 Å². The Hall–Kier alpha value is -2.47. The van der Waals surface area contributed by atoms with E-state index in [9.17, 15) is 10.2 Å². The second-order valence-electron chi connectivity index (χ2n) is 9.35. The summed E-state index contributed by atoms with van der Waals surface area (Å²) in [6.07, 6.45) is 7.31. The number of piperidine rings is 1. The van der Waals surface area contributed by atoms with Crippen molar-refractivity contribution in [2.24, 2.45) is 0 Å². The zero-order valence-corrected chi connectivity index (χ0v) is 18.5. The van der Waals surface area contributed by atoms with Gasteiger partial charge in [-0.1, -0.05) is 24.3 Å². The van der Waals surface area contributed by atoms with Crippen molar-refractivity contribution in [1.82, 2.24) is 9.88 Å². The Labute approximate surface area is 189 Å². The number of aromatic nitrogens is 1. The maximum atomic E-state index is 11.2. The van der Waals surface area contributed by atoms with Crippen LogP contribution >= 0.6 is 0 Å². The van der Waals surface area contributed by atoms with Gasteiger partial charge in [-0.2, -0.15) is 0 Å². The lowest BCUT2D eigenvalue weighted by Crippen LogP contribution is -2.46. The molecule has 1 saturated heterocycles. The molecule has 0 amide bonds. The first kappa shape index (κ1) is 21.4. The minimum atomic E-state index is -0.863. The van der Waals surface area contributed by atoms with E-state index >= 15 is 0 Å². The summed E-state index contributed by atoms with van der Waals surface area (Å²) in [6, 6.07) is 16.4. The van der Waals surface area contributed by atoms with E-state index in [2.05, 4.69) is 28.1 Å². The first-order chi connectivity index (χ1) is 15.6. The van der Waals surface area contributed by atoms with Crippen LogP contribution in [0.25, 0.3) is 10.9 Å². The van der Waals surface area contributed by atoms with E-state index in [0.717, 1.165) is 48.1 Å². The molecule has 0 bridgehead atoms. The van der Waals surface area contributed by atoms with Gasteiger partial charge in [0, 0.05) is 36.8 Å². The summed E-state index contributed by atoms with van der Waals surface area (Å²) in [7, 11) is 0. The number of ether oxygens (including phenoxy) is 1. The van der Waals surface area contributed by atoms with Gasteiger partial charge in [0.15, 0.2) is 0 Å². The zero-order chi connectivity index (χ0) is 22.0. The van der Waals surface area contributed by atoms with Crippen molar-refractivity contribution in [1.29, 1.82) is 0 Å². The molecule has 2 aromatic carbocycles. The minimum Gasteiger partial charge on any atom is -0.491 e. The number of hydrogen-bond acceptors (Lipinski definition) is 5. The van der Waals surface area contributed by atoms with Gasteiger partial charge >= 0.3 is 0 Å². The molecule has 168 valence electrons. The number of fused-ring (bicyclic) bond motifs is 2. The molecule has 0 radical (unpaired) electrons. The summed E-state index contributed by atoms with van der Waals surface area (Å²) in [4.78, 5) is 6.73. The monoisotopic (exact) mass is 432 g/mol. The molecule has 1 atom stereocenters. The molecule has 2 aliphatic rings. The Morgan fingerprint density at radius 2 is 1.78 bits per heavy atom. The molecule has 0 spiro atoms. The van der Waals surface area contributed by atoms with Gasteiger partial charge < -0.3 is 19.8 Å². The van der Waals surface area contributed by atoms with Crippen molar-refractivity contribution in [3.63, 3.8) is 0 Å². The number of likely N-dealkylation sites (tertiary alicyclic amines) is 1. The number of para-hydroxylation sites is 1. The van der Waals surface area contributed by atoms with Crippen LogP contribution in [0.1, 0.15) is 42.4 Å². The zero-order valence-electron chi connectivity index (χ0n) is 18.5. The van der Waals surface area contributed by atoms with Gasteiger partial charge in [0.05, 0.1) is 11.1 Å². The molecule has 2 N–H and O–H groups in total. The van der Waals surface area contributed by atoms with Gasteiger partial charge in [-0.3, -0.25) is 4.98 Å². The summed E-state index contributed by atoms with van der Waals surface area (Å²) >= 11 is 0. The normalized spacial score (nSPS) is 19.4. The van der Waals surface area contributed by atoms with Gasteiger partial charge in [0.25, 0.3) is 0 Å². The lowest BCUT2D eigenvalue weighted by atomic mass is 9.84. The predicted octanol–water partition coefficient (Wildman–Crippen LogP) is 3.84. The van der Waals surface area contributed by atoms with Crippen LogP contribution in [-0.2, 0) is 18.4 Å². The standard InChI is InChI=1S/C27H32N2O3/c30-24(19-32-25-10-9-20-5-1-2-6-21(20)16-25)18-29-13-11-27(31,12-14-29)23-15-22-7-3-4-8-26(22)28-17-23/h3-4,7-10,15-17,24,30-31H,1-2,5-6,11-14,18-19H2/t24-/m0/s1. The van der Waals surface area contributed by atoms with Crippen LogP contribution in [0, 0.1) is 0 Å². The Morgan fingerprint density at radius 3 is 2.62 bits per heavy atom. The van der Waals surface area contributed by atoms with Gasteiger partial charge in [-0.25, -0.2) is 0 Å². The average Bonchev–Trinajstić information content (AvgIpc) is 2.84. The molecule has 2 heterocycles. The fraction of sp³-hybridized carbons (Fsp3) is 0.444. The minimum absolute atomic E-state index is 0.286. The van der Waals surface area contributed by atoms with E-state index in [4.69, 9.17) is 4.74 Å². The molecule has 32 heavy (non-hydrogen) atoms. The van der Waals surface area contributed by atoms with Crippen LogP contribution < -0.4 is 4.74 Å². The smallest absolute Gasteiger partial charge is 0.119 e. The summed E-state index contributed by atoms with van der Waals surface area (Å²) in [6.45, 7) is 2.31. The van der Waals surface area contributed by atoms with E-state index in [1.807, 2.05) is 30.3 Å². The molecule has 0 saturated carbocycles. The van der Waals surface area contributed by atoms with Crippen LogP contribution in [0.15, 0.2) is 54.7 Å². The highest BCUT2D eigenvalue weighted by Crippen LogP contribution is 2.34. The second kappa shape index (κ2) is 9.18. The Morgan fingerprint density at radius 1 is 1.00 bits per heavy atom. The van der Waals surface area contributed by atoms with E-state index in [0.29, 0.717) is 19.4 Å². The van der Waals surface area contributed by atoms with Crippen LogP contribution in [-0.4, -0.2) is 52.4 Å². The topological polar surface area (TPSA) is 65.8 Å². The fourth-order valence-electron chi connectivity index (χ4n) is 5.06. The van der Waals surface area contributed by atoms with Gasteiger partial charge in [-0.15, -0.1) is 0 Å². The number of aryl methyl sites for hydroxylation is 2. The Bertz CT molecular complexity index is 1080. The van der Waals surface area contributed by atoms with Crippen LogP contribution in [0.4, 0.5) is 0 Å². The SMILES string of the molecule is O[C@H](COc1ccc2c(c1)CCCC2)CN1CCC(O)(c2cnc3ccccc3c2)CC1. The third-order valence-corrected chi connectivity index (χ3v) is 7.04. The van der Waals surface area contributed by atoms with Crippen molar-refractivity contribution in [3.05, 3.63) is 71.4 Å². The number of aliphatic hydroxyl groups is 2. The number of β-amino-alcohol motifs (C(OH)–C–C–N with tert-alkyl or cyclic N) is 1. The highest BCUT2D eigenvalue weighted by molar-refractivity contribution is 5.78. The van der Waals surface area contributed by atoms with E-state index in [1.54, 1.807) is 6.20 Å². The number of rotatable bonds is 6. The molecule has 5 heteroatoms. The van der Waals surface area contributed by atoms with Crippen molar-refractivity contribution in [2.75, 3.05) is 26.2 Å². The lowest BCUT2D eigenvalue weighted by Gasteiger charge is -2.39. The molecule has 0 unspecified atom stereocenters. The highest BCUT2D eigenvalue weighted by atomic mass is 16.5. The third kappa shape index (κ3) is 4.65. The van der Waals surface area contributed by atoms with Crippen LogP contribution in [0.2, 0.25) is 0 Å². The van der Waals surface area contributed by atoms with Gasteiger partial charge in [0.2, 0.25) is 0 Å². The predicted molar refractivity (Wildman–Crippen MR) is 126 cm³/mol. The molecule has 3 aromatic rings. The average molecular weight is 433 g/mol. The maximum Gasteiger partial charge on any atom is 0.119 e. The molecule has 5 nitrogen and oxygen atoms in total. The van der Waals surface area contributed by atoms with Crippen LogP contribution in [0.3, 0.4) is 0 Å². The summed E-state index contributed by atoms with van der Waals surface area (Å²) in [5.74, 6) is 0.849. The second-order valence-corrected chi connectivity index (χ2v) is 9.35. The Kier molecular flexibility index (Phi) is 6.13. The number of nitrogens with zero attached hydrogens (tertiary/aromatic N) is 2. The molecule has 1 aliphatic heterocycles. The van der Waals surface area contributed by atoms with E-state index in [1.165, 1.54) is 24.0 Å². The van der Waals surface area contributed by atoms with Crippen molar-refractivity contribution in [3.8, 4) is 5.75 Å². The fourth-order valence-corrected chi connectivity index (χ4v) is 5.06. The molecule has 1 aliphatic carbocycles. The van der Waals surface area contributed by atoms with Gasteiger partial charge in [-0.05, 0) is 73.9 Å². The molecular formula is C27H32N2O3. The van der Waals surface area contributed by atoms with Crippen LogP contribution in [0.5, 0.6) is 5.75 Å². The molecule has 1 fully saturated rings. The largest absolute Gasteiger partial charge is 0.491 e. The summed E-state index contributed by atoms with van der Waals surface area (Å²) in [5, 5.41) is 22.8. The van der Waals surface area contributed by atoms with Crippen molar-refractivity contribution < 1.29 is 14.9 Å². The van der Waals surface area contributed by atoms with Crippen molar-refractivity contribution >= 4 is 10.9 Å². The highest BCUT2D eigenvalue weighted by Gasteiger charge is 2.35. The third-order valence-electron chi connectivity index (χ3n) is 7.04. The molecule has 5 rings (SSSR count). The number of aliphatic hydroxyl groups excluding tert-OH is 1. The first-order valence-corrected chi connectivity index (χ1v) is 11.8. The number of hydrogen-bond donors (Lipinski definition) is 2. The van der Waals surface area contributed by atoms with Crippen molar-refractivity contribution in [2.45, 2.75) is 50.2 Å². The van der Waals surface area contributed by atoms with E-state index < -0.39 is 11.7 Å². The number of benzene rings is 2. The number of pyridine rings is 1. The quantitative estimate of drug-likeness (QED) is 0.620. The summed E-state index contributed by atoms with van der Waals surface area (Å²) in [5.41, 5.74) is 3.79. The maximum absolute atomic E-state index is 11.2. The lowest BCUT2D eigenvalue weighted by molar-refractivity contribution is -0.0373. The molecular weight excluding hydrogens is 400 g/mol. The Balaban J connectivity index is 1.13. The van der Waals surface area contributed by atoms with E-state index in [-0.39, 0.29) is 6.61 Å².